The van der Waals surface area contributed by atoms with Gasteiger partial charge in [0.15, 0.2) is 0 Å². The van der Waals surface area contributed by atoms with Gasteiger partial charge in [-0.15, -0.1) is 0 Å². The van der Waals surface area contributed by atoms with Crippen molar-refractivity contribution in [3.8, 4) is 5.88 Å². The molecule has 1 N–H and O–H groups in total. The first-order chi connectivity index (χ1) is 10.5. The molecule has 0 unspecified atom stereocenters. The minimum absolute atomic E-state index is 0.213. The molecule has 0 aliphatic heterocycles. The van der Waals surface area contributed by atoms with Crippen molar-refractivity contribution in [2.24, 2.45) is 7.05 Å². The lowest BCUT2D eigenvalue weighted by molar-refractivity contribution is -0.116. The molecule has 6 nitrogen and oxygen atoms in total. The van der Waals surface area contributed by atoms with E-state index in [1.165, 1.54) is 6.08 Å². The zero-order valence-electron chi connectivity index (χ0n) is 12.6. The Morgan fingerprint density at radius 2 is 2.27 bits per heavy atom. The fourth-order valence-corrected chi connectivity index (χ4v) is 2.12. The van der Waals surface area contributed by atoms with Crippen LogP contribution in [0.1, 0.15) is 16.8 Å². The number of amides is 1. The SMILES string of the molecule is COc1ccc(CNC(=O)C=Cc2c(C)nn(C)c2Cl)cn1. The third kappa shape index (κ3) is 3.85. The number of nitrogens with zero attached hydrogens (tertiary/aromatic N) is 3. The second-order valence-corrected chi connectivity index (χ2v) is 5.03. The van der Waals surface area contributed by atoms with Crippen LogP contribution in [0.4, 0.5) is 0 Å². The number of halogens is 1. The standard InChI is InChI=1S/C15H17ClN4O2/c1-10-12(15(16)20(2)19-10)5-6-13(21)17-8-11-4-7-14(22-3)18-9-11/h4-7,9H,8H2,1-3H3,(H,17,21). The van der Waals surface area contributed by atoms with Gasteiger partial charge in [-0.2, -0.15) is 5.10 Å². The van der Waals surface area contributed by atoms with Crippen LogP contribution >= 0.6 is 11.6 Å². The van der Waals surface area contributed by atoms with Gasteiger partial charge < -0.3 is 10.1 Å². The van der Waals surface area contributed by atoms with Crippen molar-refractivity contribution in [3.63, 3.8) is 0 Å². The summed E-state index contributed by atoms with van der Waals surface area (Å²) in [6, 6.07) is 3.59. The van der Waals surface area contributed by atoms with Crippen LogP contribution < -0.4 is 10.1 Å². The molecule has 2 aromatic rings. The van der Waals surface area contributed by atoms with E-state index in [2.05, 4.69) is 15.4 Å². The molecule has 0 spiro atoms. The van der Waals surface area contributed by atoms with E-state index < -0.39 is 0 Å². The van der Waals surface area contributed by atoms with Crippen molar-refractivity contribution in [2.75, 3.05) is 7.11 Å². The second kappa shape index (κ2) is 7.09. The maximum Gasteiger partial charge on any atom is 0.244 e. The highest BCUT2D eigenvalue weighted by molar-refractivity contribution is 6.31. The van der Waals surface area contributed by atoms with Crippen molar-refractivity contribution in [1.29, 1.82) is 0 Å². The van der Waals surface area contributed by atoms with Crippen molar-refractivity contribution in [1.82, 2.24) is 20.1 Å². The Kier molecular flexibility index (Phi) is 5.16. The summed E-state index contributed by atoms with van der Waals surface area (Å²) in [4.78, 5) is 15.9. The lowest BCUT2D eigenvalue weighted by atomic mass is 10.2. The highest BCUT2D eigenvalue weighted by Gasteiger charge is 2.08. The molecule has 0 aliphatic carbocycles. The number of carbonyl (C=O) groups is 1. The molecule has 7 heteroatoms. The monoisotopic (exact) mass is 320 g/mol. The van der Waals surface area contributed by atoms with Crippen LogP contribution in [-0.2, 0) is 18.4 Å². The van der Waals surface area contributed by atoms with Crippen LogP contribution in [0.25, 0.3) is 6.08 Å². The van der Waals surface area contributed by atoms with Gasteiger partial charge in [0.2, 0.25) is 11.8 Å². The van der Waals surface area contributed by atoms with Gasteiger partial charge in [-0.05, 0) is 18.6 Å². The molecule has 0 saturated carbocycles. The molecule has 1 amide bonds. The molecule has 0 fully saturated rings. The minimum Gasteiger partial charge on any atom is -0.481 e. The number of methoxy groups -OCH3 is 1. The quantitative estimate of drug-likeness (QED) is 0.857. The summed E-state index contributed by atoms with van der Waals surface area (Å²) in [7, 11) is 3.31. The Labute approximate surface area is 133 Å². The number of rotatable bonds is 5. The molecule has 2 aromatic heterocycles. The molecule has 22 heavy (non-hydrogen) atoms. The molecule has 2 rings (SSSR count). The van der Waals surface area contributed by atoms with E-state index in [1.807, 2.05) is 13.0 Å². The van der Waals surface area contributed by atoms with Crippen molar-refractivity contribution in [2.45, 2.75) is 13.5 Å². The number of ether oxygens (including phenoxy) is 1. The normalized spacial score (nSPS) is 10.9. The Balaban J connectivity index is 1.93. The first kappa shape index (κ1) is 16.0. The highest BCUT2D eigenvalue weighted by Crippen LogP contribution is 2.19. The van der Waals surface area contributed by atoms with Gasteiger partial charge in [0.1, 0.15) is 5.15 Å². The number of aromatic nitrogens is 3. The zero-order valence-corrected chi connectivity index (χ0v) is 13.4. The number of pyridine rings is 1. The van der Waals surface area contributed by atoms with Crippen molar-refractivity contribution >= 4 is 23.6 Å². The van der Waals surface area contributed by atoms with Gasteiger partial charge in [0.25, 0.3) is 0 Å². The van der Waals surface area contributed by atoms with Gasteiger partial charge in [-0.3, -0.25) is 9.48 Å². The molecule has 0 aromatic carbocycles. The molecule has 0 aliphatic rings. The third-order valence-corrected chi connectivity index (χ3v) is 3.52. The van der Waals surface area contributed by atoms with Crippen molar-refractivity contribution in [3.05, 3.63) is 46.4 Å². The van der Waals surface area contributed by atoms with E-state index >= 15 is 0 Å². The summed E-state index contributed by atoms with van der Waals surface area (Å²) in [6.07, 6.45) is 4.75. The fraction of sp³-hybridized carbons (Fsp3) is 0.267. The van der Waals surface area contributed by atoms with Crippen LogP contribution in [0.15, 0.2) is 24.4 Å². The number of carbonyl (C=O) groups excluding carboxylic acids is 1. The van der Waals surface area contributed by atoms with E-state index in [0.29, 0.717) is 17.6 Å². The summed E-state index contributed by atoms with van der Waals surface area (Å²) < 4.78 is 6.54. The average Bonchev–Trinajstić information content (AvgIpc) is 2.76. The molecular weight excluding hydrogens is 304 g/mol. The van der Waals surface area contributed by atoms with Crippen molar-refractivity contribution < 1.29 is 9.53 Å². The van der Waals surface area contributed by atoms with Crippen LogP contribution in [0.2, 0.25) is 5.15 Å². The molecule has 116 valence electrons. The Morgan fingerprint density at radius 1 is 1.50 bits per heavy atom. The topological polar surface area (TPSA) is 69.0 Å². The lowest BCUT2D eigenvalue weighted by Crippen LogP contribution is -2.20. The van der Waals surface area contributed by atoms with Gasteiger partial charge in [0.05, 0.1) is 12.8 Å². The summed E-state index contributed by atoms with van der Waals surface area (Å²) >= 11 is 6.10. The molecule has 0 bridgehead atoms. The number of nitrogens with one attached hydrogen (secondary N) is 1. The van der Waals surface area contributed by atoms with Gasteiger partial charge in [0, 0.05) is 37.5 Å². The summed E-state index contributed by atoms with van der Waals surface area (Å²) in [5, 5.41) is 7.46. The first-order valence-electron chi connectivity index (χ1n) is 6.65. The fourth-order valence-electron chi connectivity index (χ4n) is 1.88. The highest BCUT2D eigenvalue weighted by atomic mass is 35.5. The smallest absolute Gasteiger partial charge is 0.244 e. The molecule has 0 atom stereocenters. The van der Waals surface area contributed by atoms with E-state index in [9.17, 15) is 4.79 Å². The van der Waals surface area contributed by atoms with Crippen LogP contribution in [0, 0.1) is 6.92 Å². The third-order valence-electron chi connectivity index (χ3n) is 3.07. The van der Waals surface area contributed by atoms with Gasteiger partial charge >= 0.3 is 0 Å². The van der Waals surface area contributed by atoms with Crippen LogP contribution in [0.3, 0.4) is 0 Å². The first-order valence-corrected chi connectivity index (χ1v) is 7.03. The molecule has 2 heterocycles. The number of hydrogen-bond acceptors (Lipinski definition) is 4. The average molecular weight is 321 g/mol. The van der Waals surface area contributed by atoms with Gasteiger partial charge in [-0.25, -0.2) is 4.98 Å². The number of hydrogen-bond donors (Lipinski definition) is 1. The van der Waals surface area contributed by atoms with E-state index in [-0.39, 0.29) is 5.91 Å². The van der Waals surface area contributed by atoms with Crippen LogP contribution in [0.5, 0.6) is 5.88 Å². The molecular formula is C15H17ClN4O2. The van der Waals surface area contributed by atoms with E-state index in [0.717, 1.165) is 16.8 Å². The predicted octanol–water partition coefficient (Wildman–Crippen LogP) is 2.12. The Bertz CT molecular complexity index is 692. The zero-order chi connectivity index (χ0) is 16.1. The lowest BCUT2D eigenvalue weighted by Gasteiger charge is -2.03. The minimum atomic E-state index is -0.213. The van der Waals surface area contributed by atoms with E-state index in [4.69, 9.17) is 16.3 Å². The Hall–Kier alpha value is -2.34. The predicted molar refractivity (Wildman–Crippen MR) is 84.6 cm³/mol. The molecule has 0 radical (unpaired) electrons. The summed E-state index contributed by atoms with van der Waals surface area (Å²) in [5.74, 6) is 0.326. The molecule has 0 saturated heterocycles. The summed E-state index contributed by atoms with van der Waals surface area (Å²) in [5.41, 5.74) is 2.40. The van der Waals surface area contributed by atoms with E-state index in [1.54, 1.807) is 37.2 Å². The van der Waals surface area contributed by atoms with Crippen LogP contribution in [-0.4, -0.2) is 27.8 Å². The second-order valence-electron chi connectivity index (χ2n) is 4.67. The largest absolute Gasteiger partial charge is 0.481 e. The van der Waals surface area contributed by atoms with Gasteiger partial charge in [-0.1, -0.05) is 17.7 Å². The maximum absolute atomic E-state index is 11.8. The Morgan fingerprint density at radius 3 is 2.82 bits per heavy atom. The maximum atomic E-state index is 11.8. The number of aryl methyl sites for hydroxylation is 2. The summed E-state index contributed by atoms with van der Waals surface area (Å²) in [6.45, 7) is 2.23.